The van der Waals surface area contributed by atoms with Gasteiger partial charge >= 0.3 is 0 Å². The summed E-state index contributed by atoms with van der Waals surface area (Å²) >= 11 is 0. The molecular weight excluding hydrogens is 136 g/mol. The van der Waals surface area contributed by atoms with Crippen LogP contribution in [0, 0.1) is 5.41 Å². The third-order valence-corrected chi connectivity index (χ3v) is 2.43. The molecule has 0 atom stereocenters. The Kier molecular flexibility index (Phi) is 4.39. The van der Waals surface area contributed by atoms with Crippen LogP contribution in [-0.4, -0.2) is 5.78 Å². The molecule has 0 bridgehead atoms. The van der Waals surface area contributed by atoms with Gasteiger partial charge in [-0.1, -0.05) is 34.1 Å². The Balaban J connectivity index is 3.61. The van der Waals surface area contributed by atoms with Gasteiger partial charge in [-0.3, -0.25) is 4.79 Å². The van der Waals surface area contributed by atoms with Crippen molar-refractivity contribution in [3.05, 3.63) is 0 Å². The zero-order chi connectivity index (χ0) is 8.91. The second-order valence-corrected chi connectivity index (χ2v) is 3.91. The predicted molar refractivity (Wildman–Crippen MR) is 48.6 cm³/mol. The average Bonchev–Trinajstić information content (AvgIpc) is 2.00. The Morgan fingerprint density at radius 1 is 1.27 bits per heavy atom. The van der Waals surface area contributed by atoms with Gasteiger partial charge < -0.3 is 0 Å². The molecule has 66 valence electrons. The number of hydrogen-bond acceptors (Lipinski definition) is 1. The summed E-state index contributed by atoms with van der Waals surface area (Å²) in [5, 5.41) is 0. The lowest BCUT2D eigenvalue weighted by Gasteiger charge is -2.21. The topological polar surface area (TPSA) is 17.1 Å². The van der Waals surface area contributed by atoms with Gasteiger partial charge in [0.25, 0.3) is 0 Å². The van der Waals surface area contributed by atoms with Crippen molar-refractivity contribution in [1.29, 1.82) is 0 Å². The van der Waals surface area contributed by atoms with E-state index in [9.17, 15) is 4.79 Å². The quantitative estimate of drug-likeness (QED) is 0.597. The summed E-state index contributed by atoms with van der Waals surface area (Å²) in [5.74, 6) is 0.395. The standard InChI is InChI=1S/C10H20O/c1-5-9(11)7-8-10(3,4)6-2/h5-8H2,1-4H3. The molecule has 0 aliphatic carbocycles. The predicted octanol–water partition coefficient (Wildman–Crippen LogP) is 3.18. The summed E-state index contributed by atoms with van der Waals surface area (Å²) in [6, 6.07) is 0. The van der Waals surface area contributed by atoms with Gasteiger partial charge in [0.05, 0.1) is 0 Å². The van der Waals surface area contributed by atoms with Crippen LogP contribution in [0.25, 0.3) is 0 Å². The van der Waals surface area contributed by atoms with E-state index in [4.69, 9.17) is 0 Å². The molecule has 0 aliphatic heterocycles. The molecule has 0 aromatic carbocycles. The molecule has 0 N–H and O–H groups in total. The lowest BCUT2D eigenvalue weighted by molar-refractivity contribution is -0.119. The van der Waals surface area contributed by atoms with Gasteiger partial charge in [0.1, 0.15) is 5.78 Å². The van der Waals surface area contributed by atoms with Crippen LogP contribution in [0.2, 0.25) is 0 Å². The van der Waals surface area contributed by atoms with Crippen molar-refractivity contribution < 1.29 is 4.79 Å². The van der Waals surface area contributed by atoms with Crippen LogP contribution in [-0.2, 0) is 4.79 Å². The number of carbonyl (C=O) groups is 1. The van der Waals surface area contributed by atoms with E-state index >= 15 is 0 Å². The van der Waals surface area contributed by atoms with Crippen LogP contribution in [0.15, 0.2) is 0 Å². The van der Waals surface area contributed by atoms with Crippen LogP contribution in [0.1, 0.15) is 53.4 Å². The first-order valence-corrected chi connectivity index (χ1v) is 4.53. The van der Waals surface area contributed by atoms with Crippen molar-refractivity contribution >= 4 is 5.78 Å². The molecule has 0 unspecified atom stereocenters. The Labute approximate surface area is 70.2 Å². The van der Waals surface area contributed by atoms with E-state index in [1.165, 1.54) is 0 Å². The molecular formula is C10H20O. The Morgan fingerprint density at radius 2 is 1.82 bits per heavy atom. The largest absolute Gasteiger partial charge is 0.300 e. The Hall–Kier alpha value is -0.330. The minimum absolute atomic E-state index is 0.352. The van der Waals surface area contributed by atoms with Crippen molar-refractivity contribution in [2.75, 3.05) is 0 Å². The number of rotatable bonds is 5. The first-order chi connectivity index (χ1) is 5.02. The van der Waals surface area contributed by atoms with Crippen molar-refractivity contribution in [1.82, 2.24) is 0 Å². The molecule has 1 nitrogen and oxygen atoms in total. The van der Waals surface area contributed by atoms with Gasteiger partial charge in [-0.05, 0) is 11.8 Å². The van der Waals surface area contributed by atoms with Crippen molar-refractivity contribution in [2.45, 2.75) is 53.4 Å². The van der Waals surface area contributed by atoms with Crippen LogP contribution in [0.5, 0.6) is 0 Å². The average molecular weight is 156 g/mol. The highest BCUT2D eigenvalue weighted by atomic mass is 16.1. The molecule has 0 aromatic rings. The van der Waals surface area contributed by atoms with Gasteiger partial charge in [0.15, 0.2) is 0 Å². The molecule has 11 heavy (non-hydrogen) atoms. The van der Waals surface area contributed by atoms with Gasteiger partial charge in [0.2, 0.25) is 0 Å². The van der Waals surface area contributed by atoms with Crippen molar-refractivity contribution in [2.24, 2.45) is 5.41 Å². The van der Waals surface area contributed by atoms with Crippen LogP contribution >= 0.6 is 0 Å². The highest BCUT2D eigenvalue weighted by molar-refractivity contribution is 5.77. The van der Waals surface area contributed by atoms with Gasteiger partial charge in [0, 0.05) is 12.8 Å². The number of hydrogen-bond donors (Lipinski definition) is 0. The zero-order valence-electron chi connectivity index (χ0n) is 8.24. The van der Waals surface area contributed by atoms with E-state index in [0.717, 1.165) is 19.3 Å². The first kappa shape index (κ1) is 10.7. The van der Waals surface area contributed by atoms with E-state index in [0.29, 0.717) is 17.6 Å². The highest BCUT2D eigenvalue weighted by Crippen LogP contribution is 2.26. The molecule has 0 spiro atoms. The minimum Gasteiger partial charge on any atom is -0.300 e. The fourth-order valence-electron chi connectivity index (χ4n) is 0.831. The van der Waals surface area contributed by atoms with Crippen LogP contribution in [0.4, 0.5) is 0 Å². The fourth-order valence-corrected chi connectivity index (χ4v) is 0.831. The summed E-state index contributed by atoms with van der Waals surface area (Å²) in [7, 11) is 0. The molecule has 0 rings (SSSR count). The lowest BCUT2D eigenvalue weighted by Crippen LogP contribution is -2.11. The van der Waals surface area contributed by atoms with Crippen molar-refractivity contribution in [3.63, 3.8) is 0 Å². The van der Waals surface area contributed by atoms with Gasteiger partial charge in [-0.25, -0.2) is 0 Å². The molecule has 0 fully saturated rings. The Bertz CT molecular complexity index is 125. The molecule has 0 aliphatic rings. The van der Waals surface area contributed by atoms with E-state index in [1.54, 1.807) is 0 Å². The van der Waals surface area contributed by atoms with Crippen LogP contribution < -0.4 is 0 Å². The van der Waals surface area contributed by atoms with Crippen molar-refractivity contribution in [3.8, 4) is 0 Å². The normalized spacial score (nSPS) is 11.6. The number of carbonyl (C=O) groups excluding carboxylic acids is 1. The summed E-state index contributed by atoms with van der Waals surface area (Å²) in [4.78, 5) is 11.0. The second-order valence-electron chi connectivity index (χ2n) is 3.91. The molecule has 1 heteroatoms. The molecule has 0 heterocycles. The SMILES string of the molecule is CCC(=O)CCC(C)(C)CC. The molecule has 0 amide bonds. The summed E-state index contributed by atoms with van der Waals surface area (Å²) in [6.07, 6.45) is 3.65. The summed E-state index contributed by atoms with van der Waals surface area (Å²) in [5.41, 5.74) is 0.352. The summed E-state index contributed by atoms with van der Waals surface area (Å²) < 4.78 is 0. The first-order valence-electron chi connectivity index (χ1n) is 4.53. The van der Waals surface area contributed by atoms with Gasteiger partial charge in [-0.2, -0.15) is 0 Å². The molecule has 0 radical (unpaired) electrons. The van der Waals surface area contributed by atoms with E-state index in [1.807, 2.05) is 6.92 Å². The number of Topliss-reactive ketones (excluding diaryl/α,β-unsaturated/α-hetero) is 1. The lowest BCUT2D eigenvalue weighted by atomic mass is 9.84. The molecule has 0 saturated carbocycles. The maximum absolute atomic E-state index is 11.0. The smallest absolute Gasteiger partial charge is 0.132 e. The maximum atomic E-state index is 11.0. The van der Waals surface area contributed by atoms with E-state index in [2.05, 4.69) is 20.8 Å². The maximum Gasteiger partial charge on any atom is 0.132 e. The summed E-state index contributed by atoms with van der Waals surface area (Å²) in [6.45, 7) is 8.55. The zero-order valence-corrected chi connectivity index (χ0v) is 8.24. The van der Waals surface area contributed by atoms with E-state index in [-0.39, 0.29) is 0 Å². The van der Waals surface area contributed by atoms with Crippen LogP contribution in [0.3, 0.4) is 0 Å². The van der Waals surface area contributed by atoms with Gasteiger partial charge in [-0.15, -0.1) is 0 Å². The highest BCUT2D eigenvalue weighted by Gasteiger charge is 2.15. The van der Waals surface area contributed by atoms with E-state index < -0.39 is 0 Å². The minimum atomic E-state index is 0.352. The third kappa shape index (κ3) is 5.00. The fraction of sp³-hybridized carbons (Fsp3) is 0.900. The number of ketones is 1. The molecule has 0 saturated heterocycles. The Morgan fingerprint density at radius 3 is 2.18 bits per heavy atom. The monoisotopic (exact) mass is 156 g/mol. The third-order valence-electron chi connectivity index (χ3n) is 2.43. The second kappa shape index (κ2) is 4.53. The molecule has 0 aromatic heterocycles.